The van der Waals surface area contributed by atoms with E-state index in [0.717, 1.165) is 16.5 Å². The molecule has 0 unspecified atom stereocenters. The third-order valence-corrected chi connectivity index (χ3v) is 7.74. The number of benzene rings is 4. The number of alkyl halides is 2. The molecule has 0 aliphatic rings. The van der Waals surface area contributed by atoms with Crippen LogP contribution < -0.4 is 35.6 Å². The Morgan fingerprint density at radius 1 is 0.783 bits per heavy atom. The van der Waals surface area contributed by atoms with Crippen molar-refractivity contribution < 1.29 is 19.1 Å². The van der Waals surface area contributed by atoms with E-state index in [1.807, 2.05) is 54.6 Å². The average Bonchev–Trinajstić information content (AvgIpc) is 3.07. The zero-order chi connectivity index (χ0) is 32.6. The van der Waals surface area contributed by atoms with E-state index < -0.39 is 6.03 Å². The van der Waals surface area contributed by atoms with Crippen molar-refractivity contribution in [1.29, 1.82) is 0 Å². The lowest BCUT2D eigenvalue weighted by molar-refractivity contribution is 0.0964. The number of para-hydroxylation sites is 2. The van der Waals surface area contributed by atoms with Crippen LogP contribution in [0.4, 0.5) is 33.2 Å². The van der Waals surface area contributed by atoms with E-state index in [1.165, 1.54) is 0 Å². The number of anilines is 5. The summed E-state index contributed by atoms with van der Waals surface area (Å²) in [5.41, 5.74) is 4.92. The fraction of sp³-hybridized carbons (Fsp3) is 0.206. The van der Waals surface area contributed by atoms with E-state index in [2.05, 4.69) is 26.2 Å². The van der Waals surface area contributed by atoms with E-state index in [4.69, 9.17) is 37.7 Å². The van der Waals surface area contributed by atoms with Gasteiger partial charge in [0.2, 0.25) is 0 Å². The first-order valence-corrected chi connectivity index (χ1v) is 15.6. The van der Waals surface area contributed by atoms with Gasteiger partial charge in [-0.15, -0.1) is 23.2 Å². The second-order valence-corrected chi connectivity index (χ2v) is 10.9. The number of ether oxygens (including phenoxy) is 2. The van der Waals surface area contributed by atoms with Crippen molar-refractivity contribution in [3.05, 3.63) is 84.4 Å². The molecule has 0 atom stereocenters. The van der Waals surface area contributed by atoms with Crippen LogP contribution in [0.5, 0.6) is 11.5 Å². The highest BCUT2D eigenvalue weighted by Crippen LogP contribution is 2.40. The van der Waals surface area contributed by atoms with E-state index >= 15 is 0 Å². The maximum absolute atomic E-state index is 13.0. The average molecular weight is 662 g/mol. The summed E-state index contributed by atoms with van der Waals surface area (Å²) in [6.07, 6.45) is 0. The molecule has 46 heavy (non-hydrogen) atoms. The van der Waals surface area contributed by atoms with Gasteiger partial charge >= 0.3 is 6.03 Å². The molecule has 0 spiro atoms. The fourth-order valence-corrected chi connectivity index (χ4v) is 5.63. The number of methoxy groups -OCH3 is 2. The molecule has 3 amide bonds. The molecule has 0 fully saturated rings. The third-order valence-electron chi connectivity index (χ3n) is 7.41. The van der Waals surface area contributed by atoms with Crippen LogP contribution >= 0.6 is 23.2 Å². The quantitative estimate of drug-likeness (QED) is 0.0812. The third kappa shape index (κ3) is 6.98. The highest BCUT2D eigenvalue weighted by atomic mass is 35.5. The van der Waals surface area contributed by atoms with Gasteiger partial charge in [-0.25, -0.2) is 9.78 Å². The Balaban J connectivity index is 1.46. The van der Waals surface area contributed by atoms with Crippen LogP contribution in [0.25, 0.3) is 21.8 Å². The predicted molar refractivity (Wildman–Crippen MR) is 188 cm³/mol. The van der Waals surface area contributed by atoms with Gasteiger partial charge in [0.05, 0.1) is 36.7 Å². The van der Waals surface area contributed by atoms with Crippen molar-refractivity contribution in [2.75, 3.05) is 67.0 Å². The second-order valence-electron chi connectivity index (χ2n) is 10.2. The molecule has 238 valence electrons. The molecule has 0 saturated carbocycles. The first-order valence-electron chi connectivity index (χ1n) is 14.5. The van der Waals surface area contributed by atoms with Crippen LogP contribution in [0.1, 0.15) is 10.4 Å². The van der Waals surface area contributed by atoms with E-state index in [1.54, 1.807) is 45.5 Å². The van der Waals surface area contributed by atoms with Crippen molar-refractivity contribution >= 4 is 85.4 Å². The molecule has 0 aliphatic carbocycles. The molecule has 0 aliphatic heterocycles. The number of amides is 3. The Morgan fingerprint density at radius 3 is 2.07 bits per heavy atom. The number of fused-ring (bicyclic) bond motifs is 2. The predicted octanol–water partition coefficient (Wildman–Crippen LogP) is 7.44. The number of hydrogen-bond donors (Lipinski definition) is 4. The molecule has 5 rings (SSSR count). The van der Waals surface area contributed by atoms with Gasteiger partial charge in [-0.2, -0.15) is 0 Å². The minimum atomic E-state index is -0.415. The molecule has 5 aromatic rings. The number of carbonyl (C=O) groups excluding carboxylic acids is 2. The number of aromatic nitrogens is 1. The fourth-order valence-electron chi connectivity index (χ4n) is 5.22. The SMILES string of the molecule is CNC(=O)c1cccc2c(Nc3cc(NC(=O)Nc4ccc(N(CCCl)CCCl)cc4)ccc3OC)c3cccc(OC)c3nc12. The van der Waals surface area contributed by atoms with E-state index in [0.29, 0.717) is 75.7 Å². The van der Waals surface area contributed by atoms with Gasteiger partial charge in [-0.3, -0.25) is 4.79 Å². The number of hydrogen-bond acceptors (Lipinski definition) is 7. The molecule has 0 saturated heterocycles. The highest BCUT2D eigenvalue weighted by Gasteiger charge is 2.19. The number of halogens is 2. The maximum atomic E-state index is 13.0. The Bertz CT molecular complexity index is 1860. The van der Waals surface area contributed by atoms with Crippen LogP contribution in [-0.2, 0) is 0 Å². The first-order chi connectivity index (χ1) is 22.4. The lowest BCUT2D eigenvalue weighted by Gasteiger charge is -2.23. The number of pyridine rings is 1. The summed E-state index contributed by atoms with van der Waals surface area (Å²) in [7, 11) is 4.73. The van der Waals surface area contributed by atoms with Crippen LogP contribution in [0.2, 0.25) is 0 Å². The summed E-state index contributed by atoms with van der Waals surface area (Å²) in [6, 6.07) is 23.4. The molecule has 0 bridgehead atoms. The standard InChI is InChI=1S/C34H34Cl2N6O4/c1-37-33(43)26-8-4-6-24-30(25-7-5-9-29(46-3)32(25)41-31(24)26)40-27-20-22(12-15-28(27)45-2)39-34(44)38-21-10-13-23(14-11-21)42(18-16-35)19-17-36/h4-15,20H,16-19H2,1-3H3,(H,37,43)(H,40,41)(H2,38,39,44). The molecule has 10 nitrogen and oxygen atoms in total. The lowest BCUT2D eigenvalue weighted by atomic mass is 10.0. The number of urea groups is 1. The zero-order valence-corrected chi connectivity index (χ0v) is 27.1. The van der Waals surface area contributed by atoms with Crippen LogP contribution in [-0.4, -0.2) is 63.0 Å². The normalized spacial score (nSPS) is 10.8. The summed E-state index contributed by atoms with van der Waals surface area (Å²) in [4.78, 5) is 32.7. The van der Waals surface area contributed by atoms with Crippen molar-refractivity contribution in [3.63, 3.8) is 0 Å². The molecule has 1 aromatic heterocycles. The van der Waals surface area contributed by atoms with E-state index in [-0.39, 0.29) is 5.91 Å². The monoisotopic (exact) mass is 660 g/mol. The van der Waals surface area contributed by atoms with Crippen molar-refractivity contribution in [3.8, 4) is 11.5 Å². The Kier molecular flexibility index (Phi) is 10.5. The van der Waals surface area contributed by atoms with Crippen molar-refractivity contribution in [1.82, 2.24) is 10.3 Å². The van der Waals surface area contributed by atoms with Gasteiger partial charge in [0.15, 0.2) is 0 Å². The summed E-state index contributed by atoms with van der Waals surface area (Å²) in [5, 5.41) is 13.4. The summed E-state index contributed by atoms with van der Waals surface area (Å²) in [5.74, 6) is 1.81. The number of nitrogens with one attached hydrogen (secondary N) is 4. The second kappa shape index (κ2) is 14.9. The van der Waals surface area contributed by atoms with Gasteiger partial charge in [-0.05, 0) is 54.6 Å². The Hall–Kier alpha value is -4.93. The minimum absolute atomic E-state index is 0.259. The maximum Gasteiger partial charge on any atom is 0.323 e. The van der Waals surface area contributed by atoms with Crippen LogP contribution in [0, 0.1) is 0 Å². The molecular weight excluding hydrogens is 627 g/mol. The van der Waals surface area contributed by atoms with Crippen molar-refractivity contribution in [2.45, 2.75) is 0 Å². The smallest absolute Gasteiger partial charge is 0.323 e. The number of nitrogens with zero attached hydrogens (tertiary/aromatic N) is 2. The molecule has 4 N–H and O–H groups in total. The van der Waals surface area contributed by atoms with Crippen molar-refractivity contribution in [2.24, 2.45) is 0 Å². The topological polar surface area (TPSA) is 117 Å². The Labute approximate surface area is 277 Å². The molecule has 0 radical (unpaired) electrons. The van der Waals surface area contributed by atoms with Gasteiger partial charge in [-0.1, -0.05) is 24.3 Å². The first kappa shape index (κ1) is 32.5. The summed E-state index contributed by atoms with van der Waals surface area (Å²) >= 11 is 11.9. The lowest BCUT2D eigenvalue weighted by Crippen LogP contribution is -2.27. The largest absolute Gasteiger partial charge is 0.495 e. The van der Waals surface area contributed by atoms with Crippen LogP contribution in [0.3, 0.4) is 0 Å². The van der Waals surface area contributed by atoms with Gasteiger partial charge in [0.1, 0.15) is 17.0 Å². The molecular formula is C34H34Cl2N6O4. The van der Waals surface area contributed by atoms with Gasteiger partial charge < -0.3 is 35.6 Å². The molecule has 1 heterocycles. The number of carbonyl (C=O) groups is 2. The summed E-state index contributed by atoms with van der Waals surface area (Å²) in [6.45, 7) is 1.34. The zero-order valence-electron chi connectivity index (χ0n) is 25.6. The highest BCUT2D eigenvalue weighted by molar-refractivity contribution is 6.19. The van der Waals surface area contributed by atoms with Gasteiger partial charge in [0.25, 0.3) is 5.91 Å². The Morgan fingerprint density at radius 2 is 1.41 bits per heavy atom. The molecule has 4 aromatic carbocycles. The summed E-state index contributed by atoms with van der Waals surface area (Å²) < 4.78 is 11.3. The van der Waals surface area contributed by atoms with E-state index in [9.17, 15) is 9.59 Å². The van der Waals surface area contributed by atoms with Gasteiger partial charge in [0, 0.05) is 59.7 Å². The number of rotatable bonds is 12. The van der Waals surface area contributed by atoms with Crippen LogP contribution in [0.15, 0.2) is 78.9 Å². The molecule has 12 heteroatoms. The minimum Gasteiger partial charge on any atom is -0.495 e.